The van der Waals surface area contributed by atoms with Crippen LogP contribution >= 0.6 is 0 Å². The Bertz CT molecular complexity index is 978. The summed E-state index contributed by atoms with van der Waals surface area (Å²) < 4.78 is 115. The summed E-state index contributed by atoms with van der Waals surface area (Å²) in [6.45, 7) is 0. The maximum absolute atomic E-state index is 12.9. The van der Waals surface area contributed by atoms with Crippen LogP contribution in [0.5, 0.6) is 0 Å². The van der Waals surface area contributed by atoms with Gasteiger partial charge in [-0.05, 0) is 41.5 Å². The van der Waals surface area contributed by atoms with E-state index in [0.717, 1.165) is 24.3 Å². The van der Waals surface area contributed by atoms with Crippen molar-refractivity contribution in [2.24, 2.45) is 5.73 Å². The molecule has 0 aliphatic heterocycles. The summed E-state index contributed by atoms with van der Waals surface area (Å²) in [5, 5.41) is 2.08. The van der Waals surface area contributed by atoms with E-state index in [2.05, 4.69) is 5.32 Å². The van der Waals surface area contributed by atoms with Crippen LogP contribution in [-0.4, -0.2) is 17.9 Å². The molecule has 0 saturated carbocycles. The number of rotatable bonds is 6. The van der Waals surface area contributed by atoms with Crippen molar-refractivity contribution < 1.29 is 49.1 Å². The van der Waals surface area contributed by atoms with Crippen LogP contribution in [-0.2, 0) is 41.0 Å². The average Bonchev–Trinajstić information content (AvgIpc) is 2.65. The molecule has 0 saturated heterocycles. The fourth-order valence-electron chi connectivity index (χ4n) is 2.84. The minimum atomic E-state index is -5.11. The largest absolute Gasteiger partial charge is 0.416 e. The first-order valence-electron chi connectivity index (χ1n) is 9.00. The van der Waals surface area contributed by atoms with E-state index in [1.165, 1.54) is 0 Å². The quantitative estimate of drug-likeness (QED) is 0.591. The van der Waals surface area contributed by atoms with Crippen molar-refractivity contribution in [3.05, 3.63) is 70.3 Å². The van der Waals surface area contributed by atoms with Gasteiger partial charge in [-0.2, -0.15) is 39.5 Å². The molecule has 0 aromatic heterocycles. The van der Waals surface area contributed by atoms with Crippen molar-refractivity contribution >= 4 is 11.8 Å². The van der Waals surface area contributed by atoms with Gasteiger partial charge in [0.25, 0.3) is 0 Å². The van der Waals surface area contributed by atoms with Crippen molar-refractivity contribution in [3.8, 4) is 0 Å². The van der Waals surface area contributed by atoms with Crippen LogP contribution in [0.15, 0.2) is 42.5 Å². The molecule has 33 heavy (non-hydrogen) atoms. The summed E-state index contributed by atoms with van der Waals surface area (Å²) in [5.74, 6) is -2.22. The number of hydrogen-bond acceptors (Lipinski definition) is 2. The van der Waals surface area contributed by atoms with E-state index in [-0.39, 0.29) is 18.1 Å². The highest BCUT2D eigenvalue weighted by Crippen LogP contribution is 2.36. The second kappa shape index (κ2) is 9.32. The number of nitrogens with two attached hydrogens (primary N) is 1. The first kappa shape index (κ1) is 26.0. The van der Waals surface area contributed by atoms with E-state index in [0.29, 0.717) is 12.1 Å². The summed E-state index contributed by atoms with van der Waals surface area (Å²) in [6, 6.07) is 2.70. The summed E-state index contributed by atoms with van der Waals surface area (Å²) >= 11 is 0. The molecular formula is C20H15F9N2O2. The maximum Gasteiger partial charge on any atom is 0.416 e. The number of benzene rings is 2. The lowest BCUT2D eigenvalue weighted by Gasteiger charge is -2.17. The highest BCUT2D eigenvalue weighted by atomic mass is 19.4. The van der Waals surface area contributed by atoms with Crippen LogP contribution in [0.25, 0.3) is 0 Å². The summed E-state index contributed by atoms with van der Waals surface area (Å²) in [5.41, 5.74) is 0.519. The van der Waals surface area contributed by atoms with Crippen molar-refractivity contribution in [1.82, 2.24) is 5.32 Å². The van der Waals surface area contributed by atoms with Crippen LogP contribution in [0.1, 0.15) is 27.8 Å². The SMILES string of the molecule is NC(=O)[C@H](Cc1ccc(C(F)(F)F)cc1)NC(=O)Cc1cc(C(F)(F)F)cc(C(F)(F)F)c1. The number of hydrogen-bond donors (Lipinski definition) is 2. The highest BCUT2D eigenvalue weighted by molar-refractivity contribution is 5.87. The lowest BCUT2D eigenvalue weighted by Crippen LogP contribution is -2.46. The van der Waals surface area contributed by atoms with Crippen molar-refractivity contribution in [1.29, 1.82) is 0 Å². The topological polar surface area (TPSA) is 72.2 Å². The number of amides is 2. The zero-order valence-electron chi connectivity index (χ0n) is 16.3. The molecule has 0 unspecified atom stereocenters. The van der Waals surface area contributed by atoms with Crippen molar-refractivity contribution in [2.45, 2.75) is 37.4 Å². The predicted octanol–water partition coefficient (Wildman–Crippen LogP) is 4.50. The van der Waals surface area contributed by atoms with Crippen LogP contribution in [0.2, 0.25) is 0 Å². The van der Waals surface area contributed by atoms with E-state index in [4.69, 9.17) is 5.73 Å². The van der Waals surface area contributed by atoms with Gasteiger partial charge in [0.1, 0.15) is 6.04 Å². The summed E-state index contributed by atoms with van der Waals surface area (Å²) in [7, 11) is 0. The van der Waals surface area contributed by atoms with Crippen LogP contribution in [0, 0.1) is 0 Å². The molecule has 0 heterocycles. The van der Waals surface area contributed by atoms with E-state index in [9.17, 15) is 49.1 Å². The number of nitrogens with one attached hydrogen (secondary N) is 1. The fraction of sp³-hybridized carbons (Fsp3) is 0.300. The van der Waals surface area contributed by atoms with Gasteiger partial charge in [-0.3, -0.25) is 9.59 Å². The molecular weight excluding hydrogens is 471 g/mol. The molecule has 0 radical (unpaired) electrons. The van der Waals surface area contributed by atoms with Gasteiger partial charge in [0.05, 0.1) is 23.1 Å². The lowest BCUT2D eigenvalue weighted by atomic mass is 10.0. The lowest BCUT2D eigenvalue weighted by molar-refractivity contribution is -0.143. The standard InChI is InChI=1S/C20H15F9N2O2/c21-18(22,23)12-3-1-10(2-4-12)7-15(17(30)33)31-16(32)8-11-5-13(19(24,25)26)9-14(6-11)20(27,28)29/h1-6,9,15H,7-8H2,(H2,30,33)(H,31,32)/t15-/m0/s1. The van der Waals surface area contributed by atoms with Crippen molar-refractivity contribution in [2.75, 3.05) is 0 Å². The second-order valence-electron chi connectivity index (χ2n) is 7.01. The number of carbonyl (C=O) groups excluding carboxylic acids is 2. The number of alkyl halides is 9. The fourth-order valence-corrected chi connectivity index (χ4v) is 2.84. The average molecular weight is 486 g/mol. The Hall–Kier alpha value is -3.25. The molecule has 2 rings (SSSR count). The van der Waals surface area contributed by atoms with E-state index >= 15 is 0 Å². The summed E-state index contributed by atoms with van der Waals surface area (Å²) in [6.07, 6.45) is -16.1. The highest BCUT2D eigenvalue weighted by Gasteiger charge is 2.37. The number of carbonyl (C=O) groups is 2. The Morgan fingerprint density at radius 3 is 1.58 bits per heavy atom. The molecule has 13 heteroatoms. The molecule has 0 aliphatic carbocycles. The smallest absolute Gasteiger partial charge is 0.368 e. The molecule has 2 amide bonds. The van der Waals surface area contributed by atoms with E-state index in [1.807, 2.05) is 0 Å². The first-order valence-corrected chi connectivity index (χ1v) is 9.00. The zero-order valence-corrected chi connectivity index (χ0v) is 16.3. The Morgan fingerprint density at radius 1 is 0.727 bits per heavy atom. The van der Waals surface area contributed by atoms with Gasteiger partial charge in [0.2, 0.25) is 11.8 Å². The monoisotopic (exact) mass is 486 g/mol. The van der Waals surface area contributed by atoms with Gasteiger partial charge >= 0.3 is 18.5 Å². The van der Waals surface area contributed by atoms with Gasteiger partial charge in [0.15, 0.2) is 0 Å². The Labute approximate surface area is 180 Å². The molecule has 0 fully saturated rings. The minimum Gasteiger partial charge on any atom is -0.368 e. The normalized spacial score (nSPS) is 13.5. The molecule has 0 spiro atoms. The molecule has 4 nitrogen and oxygen atoms in total. The summed E-state index contributed by atoms with van der Waals surface area (Å²) in [4.78, 5) is 23.8. The van der Waals surface area contributed by atoms with Gasteiger partial charge in [-0.15, -0.1) is 0 Å². The third-order valence-corrected chi connectivity index (χ3v) is 4.41. The third-order valence-electron chi connectivity index (χ3n) is 4.41. The van der Waals surface area contributed by atoms with Gasteiger partial charge in [-0.1, -0.05) is 12.1 Å². The molecule has 180 valence electrons. The Kier molecular flexibility index (Phi) is 7.34. The van der Waals surface area contributed by atoms with Crippen LogP contribution in [0.3, 0.4) is 0 Å². The molecule has 2 aromatic carbocycles. The number of primary amides is 1. The Balaban J connectivity index is 2.19. The van der Waals surface area contributed by atoms with E-state index < -0.39 is 65.1 Å². The van der Waals surface area contributed by atoms with E-state index in [1.54, 1.807) is 0 Å². The molecule has 2 aromatic rings. The van der Waals surface area contributed by atoms with Crippen molar-refractivity contribution in [3.63, 3.8) is 0 Å². The maximum atomic E-state index is 12.9. The zero-order chi connectivity index (χ0) is 25.2. The van der Waals surface area contributed by atoms with Crippen LogP contribution in [0.4, 0.5) is 39.5 Å². The molecule has 0 bridgehead atoms. The molecule has 1 atom stereocenters. The second-order valence-corrected chi connectivity index (χ2v) is 7.01. The van der Waals surface area contributed by atoms with Gasteiger partial charge < -0.3 is 11.1 Å². The first-order chi connectivity index (χ1) is 15.0. The minimum absolute atomic E-state index is 0.0990. The van der Waals surface area contributed by atoms with Crippen LogP contribution < -0.4 is 11.1 Å². The van der Waals surface area contributed by atoms with Gasteiger partial charge in [0, 0.05) is 6.42 Å². The Morgan fingerprint density at radius 2 is 1.18 bits per heavy atom. The number of halogens is 9. The molecule has 0 aliphatic rings. The third kappa shape index (κ3) is 7.39. The predicted molar refractivity (Wildman–Crippen MR) is 96.4 cm³/mol. The molecule has 3 N–H and O–H groups in total. The van der Waals surface area contributed by atoms with Gasteiger partial charge in [-0.25, -0.2) is 0 Å².